The summed E-state index contributed by atoms with van der Waals surface area (Å²) in [6.07, 6.45) is 3.08. The molecule has 0 aromatic heterocycles. The predicted octanol–water partition coefficient (Wildman–Crippen LogP) is 1.93. The fraction of sp³-hybridized carbons (Fsp3) is 0.556. The molecule has 1 aliphatic carbocycles. The van der Waals surface area contributed by atoms with Gasteiger partial charge in [0.2, 0.25) is 21.8 Å². The molecule has 1 aromatic rings. The van der Waals surface area contributed by atoms with Crippen LogP contribution in [0.5, 0.6) is 0 Å². The van der Waals surface area contributed by atoms with E-state index in [4.69, 9.17) is 0 Å². The second-order valence-corrected chi connectivity index (χ2v) is 8.82. The minimum absolute atomic E-state index is 0.0244. The zero-order valence-electron chi connectivity index (χ0n) is 14.6. The average Bonchev–Trinajstić information content (AvgIpc) is 2.60. The molecule has 2 amide bonds. The van der Waals surface area contributed by atoms with Gasteiger partial charge in [-0.2, -0.15) is 4.31 Å². The number of amides is 2. The highest BCUT2D eigenvalue weighted by Gasteiger charge is 2.44. The van der Waals surface area contributed by atoms with Crippen molar-refractivity contribution in [3.05, 3.63) is 29.8 Å². The van der Waals surface area contributed by atoms with E-state index in [1.807, 2.05) is 6.92 Å². The molecule has 1 heterocycles. The Morgan fingerprint density at radius 1 is 1.04 bits per heavy atom. The highest BCUT2D eigenvalue weighted by atomic mass is 32.2. The number of sulfonamides is 1. The molecule has 1 aromatic carbocycles. The maximum absolute atomic E-state index is 13.2. The molecule has 2 fully saturated rings. The van der Waals surface area contributed by atoms with Crippen LogP contribution in [-0.4, -0.2) is 49.1 Å². The fourth-order valence-electron chi connectivity index (χ4n) is 3.80. The molecule has 7 heteroatoms. The number of nitrogens with zero attached hydrogens (tertiary/aromatic N) is 2. The van der Waals surface area contributed by atoms with Crippen molar-refractivity contribution in [2.75, 3.05) is 13.6 Å². The van der Waals surface area contributed by atoms with Crippen LogP contribution in [-0.2, 0) is 19.6 Å². The largest absolute Gasteiger partial charge is 0.285 e. The van der Waals surface area contributed by atoms with E-state index in [2.05, 4.69) is 0 Å². The normalized spacial score (nSPS) is 26.1. The van der Waals surface area contributed by atoms with Crippen LogP contribution in [0.4, 0.5) is 0 Å². The molecule has 25 heavy (non-hydrogen) atoms. The lowest BCUT2D eigenvalue weighted by molar-refractivity contribution is -0.149. The Kier molecular flexibility index (Phi) is 4.97. The lowest BCUT2D eigenvalue weighted by Gasteiger charge is -2.41. The first-order valence-corrected chi connectivity index (χ1v) is 10.2. The maximum Gasteiger partial charge on any atom is 0.243 e. The summed E-state index contributed by atoms with van der Waals surface area (Å²) in [5.74, 6) is -1.01. The summed E-state index contributed by atoms with van der Waals surface area (Å²) in [4.78, 5) is 26.3. The molecule has 136 valence electrons. The number of hydrogen-bond acceptors (Lipinski definition) is 4. The van der Waals surface area contributed by atoms with Crippen molar-refractivity contribution >= 4 is 21.8 Å². The van der Waals surface area contributed by atoms with E-state index in [-0.39, 0.29) is 35.7 Å². The number of rotatable bonds is 2. The first-order valence-electron chi connectivity index (χ1n) is 8.71. The van der Waals surface area contributed by atoms with E-state index in [0.29, 0.717) is 12.8 Å². The van der Waals surface area contributed by atoms with Gasteiger partial charge < -0.3 is 0 Å². The fourth-order valence-corrected chi connectivity index (χ4v) is 5.49. The van der Waals surface area contributed by atoms with Gasteiger partial charge >= 0.3 is 0 Å². The van der Waals surface area contributed by atoms with Crippen LogP contribution in [0, 0.1) is 12.8 Å². The Balaban J connectivity index is 2.01. The summed E-state index contributed by atoms with van der Waals surface area (Å²) in [6, 6.07) is 6.34. The van der Waals surface area contributed by atoms with Crippen molar-refractivity contribution in [1.29, 1.82) is 0 Å². The highest BCUT2D eigenvalue weighted by molar-refractivity contribution is 7.89. The van der Waals surface area contributed by atoms with Crippen LogP contribution >= 0.6 is 0 Å². The van der Waals surface area contributed by atoms with Gasteiger partial charge in [-0.25, -0.2) is 8.42 Å². The summed E-state index contributed by atoms with van der Waals surface area (Å²) < 4.78 is 27.8. The van der Waals surface area contributed by atoms with E-state index in [0.717, 1.165) is 18.4 Å². The van der Waals surface area contributed by atoms with E-state index >= 15 is 0 Å². The Morgan fingerprint density at radius 2 is 1.68 bits per heavy atom. The Bertz CT molecular complexity index is 773. The lowest BCUT2D eigenvalue weighted by atomic mass is 9.83. The minimum Gasteiger partial charge on any atom is -0.285 e. The lowest BCUT2D eigenvalue weighted by Crippen LogP contribution is -2.55. The van der Waals surface area contributed by atoms with E-state index in [9.17, 15) is 18.0 Å². The molecule has 0 unspecified atom stereocenters. The van der Waals surface area contributed by atoms with Gasteiger partial charge in [0, 0.05) is 26.1 Å². The number of carbonyl (C=O) groups excluding carboxylic acids is 2. The third kappa shape index (κ3) is 3.35. The first kappa shape index (κ1) is 18.1. The monoisotopic (exact) mass is 364 g/mol. The van der Waals surface area contributed by atoms with Crippen molar-refractivity contribution in [2.45, 2.75) is 50.0 Å². The van der Waals surface area contributed by atoms with Gasteiger partial charge in [0.05, 0.1) is 10.8 Å². The molecule has 6 nitrogen and oxygen atoms in total. The SMILES string of the molecule is Cc1ccc(S(=O)(=O)N2CCC(=O)N(C)C(=O)[C@@H]3CCCC[C@H]32)cc1. The van der Waals surface area contributed by atoms with Crippen molar-refractivity contribution in [3.8, 4) is 0 Å². The second kappa shape index (κ2) is 6.88. The molecule has 2 aliphatic rings. The van der Waals surface area contributed by atoms with Crippen LogP contribution in [0.25, 0.3) is 0 Å². The highest BCUT2D eigenvalue weighted by Crippen LogP contribution is 2.34. The Labute approximate surface area is 148 Å². The van der Waals surface area contributed by atoms with Gasteiger partial charge in [0.1, 0.15) is 0 Å². The summed E-state index contributed by atoms with van der Waals surface area (Å²) in [5.41, 5.74) is 0.981. The molecular weight excluding hydrogens is 340 g/mol. The molecule has 0 N–H and O–H groups in total. The molecule has 0 radical (unpaired) electrons. The van der Waals surface area contributed by atoms with E-state index in [1.54, 1.807) is 24.3 Å². The maximum atomic E-state index is 13.2. The summed E-state index contributed by atoms with van der Waals surface area (Å²) in [7, 11) is -2.24. The molecule has 1 saturated heterocycles. The summed E-state index contributed by atoms with van der Waals surface area (Å²) in [5, 5.41) is 0. The Morgan fingerprint density at radius 3 is 2.36 bits per heavy atom. The van der Waals surface area contributed by atoms with Crippen LogP contribution < -0.4 is 0 Å². The topological polar surface area (TPSA) is 74.8 Å². The zero-order chi connectivity index (χ0) is 18.2. The number of fused-ring (bicyclic) bond motifs is 1. The average molecular weight is 364 g/mol. The van der Waals surface area contributed by atoms with Gasteiger partial charge in [-0.15, -0.1) is 0 Å². The molecular formula is C18H24N2O4S. The van der Waals surface area contributed by atoms with Crippen molar-refractivity contribution < 1.29 is 18.0 Å². The minimum atomic E-state index is -3.74. The Hall–Kier alpha value is -1.73. The third-order valence-electron chi connectivity index (χ3n) is 5.29. The number of hydrogen-bond donors (Lipinski definition) is 0. The van der Waals surface area contributed by atoms with Gasteiger partial charge in [0.25, 0.3) is 0 Å². The number of aryl methyl sites for hydroxylation is 1. The summed E-state index contributed by atoms with van der Waals surface area (Å²) in [6.45, 7) is 2.02. The van der Waals surface area contributed by atoms with E-state index in [1.165, 1.54) is 16.3 Å². The molecule has 0 bridgehead atoms. The van der Waals surface area contributed by atoms with Gasteiger partial charge in [-0.05, 0) is 31.9 Å². The molecule has 3 rings (SSSR count). The van der Waals surface area contributed by atoms with Gasteiger partial charge in [-0.3, -0.25) is 14.5 Å². The molecule has 0 spiro atoms. The summed E-state index contributed by atoms with van der Waals surface area (Å²) >= 11 is 0. The zero-order valence-corrected chi connectivity index (χ0v) is 15.5. The van der Waals surface area contributed by atoms with Crippen molar-refractivity contribution in [3.63, 3.8) is 0 Å². The first-order chi connectivity index (χ1) is 11.8. The van der Waals surface area contributed by atoms with Crippen LogP contribution in [0.3, 0.4) is 0 Å². The van der Waals surface area contributed by atoms with Crippen molar-refractivity contribution in [2.24, 2.45) is 5.92 Å². The number of imide groups is 1. The van der Waals surface area contributed by atoms with Crippen LogP contribution in [0.2, 0.25) is 0 Å². The second-order valence-electron chi connectivity index (χ2n) is 6.93. The van der Waals surface area contributed by atoms with Crippen molar-refractivity contribution in [1.82, 2.24) is 9.21 Å². The molecule has 2 atom stereocenters. The third-order valence-corrected chi connectivity index (χ3v) is 7.23. The quantitative estimate of drug-likeness (QED) is 0.752. The van der Waals surface area contributed by atoms with Crippen LogP contribution in [0.15, 0.2) is 29.2 Å². The standard InChI is InChI=1S/C18H24N2O4S/c1-13-7-9-14(10-8-13)25(23,24)20-12-11-17(21)19(2)18(22)15-5-3-4-6-16(15)20/h7-10,15-16H,3-6,11-12H2,1-2H3/t15-,16-/m1/s1. The molecule has 1 aliphatic heterocycles. The number of carbonyl (C=O) groups is 2. The predicted molar refractivity (Wildman–Crippen MR) is 93.2 cm³/mol. The van der Waals surface area contributed by atoms with Crippen LogP contribution in [0.1, 0.15) is 37.7 Å². The van der Waals surface area contributed by atoms with Gasteiger partial charge in [-0.1, -0.05) is 30.5 Å². The number of benzene rings is 1. The molecule has 1 saturated carbocycles. The van der Waals surface area contributed by atoms with Gasteiger partial charge in [0.15, 0.2) is 0 Å². The van der Waals surface area contributed by atoms with E-state index < -0.39 is 15.9 Å². The smallest absolute Gasteiger partial charge is 0.243 e.